The van der Waals surface area contributed by atoms with Crippen molar-refractivity contribution in [2.75, 3.05) is 43.6 Å². The van der Waals surface area contributed by atoms with Crippen LogP contribution in [0.15, 0.2) is 82.9 Å². The number of benzene rings is 3. The van der Waals surface area contributed by atoms with Crippen LogP contribution >= 0.6 is 0 Å². The summed E-state index contributed by atoms with van der Waals surface area (Å²) >= 11 is 0. The molecule has 1 aromatic heterocycles. The minimum absolute atomic E-state index is 0.141. The fraction of sp³-hybridized carbons (Fsp3) is 0.361. The first-order chi connectivity index (χ1) is 22.3. The van der Waals surface area contributed by atoms with Gasteiger partial charge in [0.05, 0.1) is 18.0 Å². The maximum atomic E-state index is 13.2. The van der Waals surface area contributed by atoms with Gasteiger partial charge in [-0.1, -0.05) is 39.0 Å². The molecule has 10 nitrogen and oxygen atoms in total. The van der Waals surface area contributed by atoms with Crippen LogP contribution in [0, 0.1) is 5.41 Å². The smallest absolute Gasteiger partial charge is 0.255 e. The van der Waals surface area contributed by atoms with Gasteiger partial charge in [0.25, 0.3) is 5.91 Å². The Morgan fingerprint density at radius 1 is 0.891 bits per heavy atom. The summed E-state index contributed by atoms with van der Waals surface area (Å²) in [6.45, 7) is 13.8. The van der Waals surface area contributed by atoms with Crippen molar-refractivity contribution in [3.63, 3.8) is 0 Å². The Labute approximate surface area is 271 Å². The number of hydrogen-bond donors (Lipinski definition) is 2. The van der Waals surface area contributed by atoms with Crippen LogP contribution in [0.5, 0.6) is 0 Å². The van der Waals surface area contributed by atoms with Crippen molar-refractivity contribution >= 4 is 34.4 Å². The van der Waals surface area contributed by atoms with Gasteiger partial charge >= 0.3 is 0 Å². The molecule has 0 saturated heterocycles. The molecule has 2 heterocycles. The Morgan fingerprint density at radius 2 is 1.59 bits per heavy atom. The van der Waals surface area contributed by atoms with E-state index in [1.807, 2.05) is 86.6 Å². The largest absolute Gasteiger partial charge is 0.383 e. The zero-order valence-corrected chi connectivity index (χ0v) is 27.3. The van der Waals surface area contributed by atoms with Gasteiger partial charge in [-0.25, -0.2) is 9.98 Å². The first kappa shape index (κ1) is 32.7. The zero-order valence-electron chi connectivity index (χ0n) is 27.3. The lowest BCUT2D eigenvalue weighted by Gasteiger charge is -2.18. The van der Waals surface area contributed by atoms with E-state index in [4.69, 9.17) is 24.6 Å². The summed E-state index contributed by atoms with van der Waals surface area (Å²) in [6.07, 6.45) is 1.64. The minimum atomic E-state index is -0.260. The van der Waals surface area contributed by atoms with Gasteiger partial charge in [-0.05, 0) is 86.8 Å². The molecule has 0 saturated carbocycles. The number of carbonyl (C=O) groups excluding carboxylic acids is 1. The number of amides is 1. The second kappa shape index (κ2) is 15.1. The quantitative estimate of drug-likeness (QED) is 0.147. The molecule has 0 atom stereocenters. The van der Waals surface area contributed by atoms with E-state index in [-0.39, 0.29) is 11.3 Å². The maximum Gasteiger partial charge on any atom is 0.255 e. The Morgan fingerprint density at radius 3 is 2.30 bits per heavy atom. The third-order valence-electron chi connectivity index (χ3n) is 7.42. The molecule has 240 valence electrons. The van der Waals surface area contributed by atoms with Crippen molar-refractivity contribution in [1.29, 1.82) is 0 Å². The highest BCUT2D eigenvalue weighted by Crippen LogP contribution is 2.29. The number of ether oxygens (including phenoxy) is 2. The average molecular weight is 622 g/mol. The molecule has 0 unspecified atom stereocenters. The fourth-order valence-corrected chi connectivity index (χ4v) is 5.06. The molecule has 4 aromatic rings. The Bertz CT molecular complexity index is 1680. The molecule has 1 aliphatic rings. The molecular formula is C36H43N7O3. The highest BCUT2D eigenvalue weighted by Gasteiger charge is 2.34. The molecule has 10 heteroatoms. The number of aromatic nitrogens is 3. The van der Waals surface area contributed by atoms with E-state index in [0.29, 0.717) is 55.0 Å². The third kappa shape index (κ3) is 8.13. The van der Waals surface area contributed by atoms with Crippen LogP contribution in [0.25, 0.3) is 11.4 Å². The van der Waals surface area contributed by atoms with Crippen molar-refractivity contribution < 1.29 is 14.3 Å². The van der Waals surface area contributed by atoms with E-state index < -0.39 is 0 Å². The molecule has 0 bridgehead atoms. The SMILES string of the molecule is CCOCCCc1ccccc1C(=O)Nc1ccc(-c2nc3n(n2)N=C(C(C)(C)C)C3=Nc2ccc(NCCOCC)cc2)cc1. The normalized spacial score (nSPS) is 13.5. The molecular weight excluding hydrogens is 578 g/mol. The van der Waals surface area contributed by atoms with Gasteiger partial charge in [0.2, 0.25) is 5.82 Å². The van der Waals surface area contributed by atoms with Crippen molar-refractivity contribution in [2.24, 2.45) is 15.5 Å². The van der Waals surface area contributed by atoms with Crippen LogP contribution in [0.2, 0.25) is 0 Å². The van der Waals surface area contributed by atoms with Gasteiger partial charge < -0.3 is 20.1 Å². The van der Waals surface area contributed by atoms with Gasteiger partial charge in [-0.2, -0.15) is 5.10 Å². The second-order valence-corrected chi connectivity index (χ2v) is 12.0. The summed E-state index contributed by atoms with van der Waals surface area (Å²) in [5.41, 5.74) is 6.25. The molecule has 2 N–H and O–H groups in total. The first-order valence-corrected chi connectivity index (χ1v) is 15.9. The standard InChI is InChI=1S/C36H43N7O3/c1-6-45-23-10-12-25-11-8-9-13-30(25)35(44)39-29-16-14-26(15-17-29)33-40-34-31(32(36(3,4)5)41-43(34)42-33)38-28-20-18-27(19-21-28)37-22-24-46-7-2/h8-9,11,13-21,37H,6-7,10,12,22-24H2,1-5H3,(H,39,44). The number of nitrogens with zero attached hydrogens (tertiary/aromatic N) is 5. The van der Waals surface area contributed by atoms with E-state index in [0.717, 1.165) is 47.6 Å². The molecule has 1 aliphatic heterocycles. The Balaban J connectivity index is 1.31. The molecule has 3 aromatic carbocycles. The van der Waals surface area contributed by atoms with Crippen LogP contribution in [-0.4, -0.2) is 65.2 Å². The van der Waals surface area contributed by atoms with Crippen molar-refractivity contribution in [2.45, 2.75) is 47.5 Å². The molecule has 5 rings (SSSR count). The summed E-state index contributed by atoms with van der Waals surface area (Å²) in [6, 6.07) is 23.2. The summed E-state index contributed by atoms with van der Waals surface area (Å²) in [5, 5.41) is 15.9. The van der Waals surface area contributed by atoms with Crippen LogP contribution < -0.4 is 10.6 Å². The third-order valence-corrected chi connectivity index (χ3v) is 7.42. The molecule has 0 aliphatic carbocycles. The summed E-state index contributed by atoms with van der Waals surface area (Å²) in [4.78, 5) is 24.5. The van der Waals surface area contributed by atoms with Crippen LogP contribution in [-0.2, 0) is 15.9 Å². The molecule has 1 amide bonds. The Kier molecular flexibility index (Phi) is 10.7. The highest BCUT2D eigenvalue weighted by atomic mass is 16.5. The number of nitrogens with one attached hydrogen (secondary N) is 2. The lowest BCUT2D eigenvalue weighted by atomic mass is 9.87. The summed E-state index contributed by atoms with van der Waals surface area (Å²) in [7, 11) is 0. The first-order valence-electron chi connectivity index (χ1n) is 15.9. The number of aliphatic imine (C=N–C) groups is 1. The summed E-state index contributed by atoms with van der Waals surface area (Å²) in [5.74, 6) is 0.987. The molecule has 0 fully saturated rings. The number of anilines is 2. The lowest BCUT2D eigenvalue weighted by molar-refractivity contribution is 0.102. The van der Waals surface area contributed by atoms with E-state index in [9.17, 15) is 4.79 Å². The number of carbonyl (C=O) groups is 1. The van der Waals surface area contributed by atoms with Gasteiger partial charge in [-0.3, -0.25) is 4.79 Å². The molecule has 46 heavy (non-hydrogen) atoms. The fourth-order valence-electron chi connectivity index (χ4n) is 5.06. The number of rotatable bonds is 14. The number of aryl methyl sites for hydroxylation is 1. The van der Waals surface area contributed by atoms with E-state index in [2.05, 4.69) is 36.5 Å². The highest BCUT2D eigenvalue weighted by molar-refractivity contribution is 6.50. The van der Waals surface area contributed by atoms with Crippen molar-refractivity contribution in [1.82, 2.24) is 14.9 Å². The van der Waals surface area contributed by atoms with Crippen molar-refractivity contribution in [3.05, 3.63) is 89.7 Å². The van der Waals surface area contributed by atoms with Gasteiger partial charge in [0, 0.05) is 54.3 Å². The van der Waals surface area contributed by atoms with Crippen LogP contribution in [0.4, 0.5) is 17.1 Å². The average Bonchev–Trinajstić information content (AvgIpc) is 3.62. The summed E-state index contributed by atoms with van der Waals surface area (Å²) < 4.78 is 10.9. The van der Waals surface area contributed by atoms with Gasteiger partial charge in [0.1, 0.15) is 5.71 Å². The maximum absolute atomic E-state index is 13.2. The second-order valence-electron chi connectivity index (χ2n) is 12.0. The number of fused-ring (bicyclic) bond motifs is 1. The molecule has 0 radical (unpaired) electrons. The van der Waals surface area contributed by atoms with E-state index >= 15 is 0 Å². The number of hydrogen-bond acceptors (Lipinski definition) is 8. The van der Waals surface area contributed by atoms with Gasteiger partial charge in [0.15, 0.2) is 5.82 Å². The minimum Gasteiger partial charge on any atom is -0.383 e. The molecule has 0 spiro atoms. The van der Waals surface area contributed by atoms with Crippen molar-refractivity contribution in [3.8, 4) is 11.4 Å². The predicted octanol–water partition coefficient (Wildman–Crippen LogP) is 7.00. The van der Waals surface area contributed by atoms with E-state index in [1.165, 1.54) is 0 Å². The van der Waals surface area contributed by atoms with E-state index in [1.54, 1.807) is 4.79 Å². The Hall–Kier alpha value is -4.67. The van der Waals surface area contributed by atoms with Crippen LogP contribution in [0.3, 0.4) is 0 Å². The lowest BCUT2D eigenvalue weighted by Crippen LogP contribution is -2.27. The topological polar surface area (TPSA) is 115 Å². The van der Waals surface area contributed by atoms with Gasteiger partial charge in [-0.15, -0.1) is 9.89 Å². The predicted molar refractivity (Wildman–Crippen MR) is 185 cm³/mol. The zero-order chi connectivity index (χ0) is 32.5. The monoisotopic (exact) mass is 621 g/mol. The van der Waals surface area contributed by atoms with Crippen LogP contribution in [0.1, 0.15) is 62.8 Å².